The van der Waals surface area contributed by atoms with Crippen molar-refractivity contribution < 1.29 is 19.1 Å². The summed E-state index contributed by atoms with van der Waals surface area (Å²) in [6.07, 6.45) is 0.343. The number of fused-ring (bicyclic) bond motifs is 1. The summed E-state index contributed by atoms with van der Waals surface area (Å²) in [6, 6.07) is 12.4. The van der Waals surface area contributed by atoms with Crippen LogP contribution in [-0.4, -0.2) is 31.6 Å². The molecule has 1 aliphatic rings. The molecule has 0 saturated heterocycles. The summed E-state index contributed by atoms with van der Waals surface area (Å²) in [5, 5.41) is 2.86. The summed E-state index contributed by atoms with van der Waals surface area (Å²) in [7, 11) is 1.69. The van der Waals surface area contributed by atoms with Gasteiger partial charge in [0.05, 0.1) is 17.9 Å². The van der Waals surface area contributed by atoms with Gasteiger partial charge in [-0.2, -0.15) is 0 Å². The lowest BCUT2D eigenvalue weighted by molar-refractivity contribution is -0.125. The standard InChI is InChI=1S/C20H22N2O4/c1-4-11-25-17-8-6-5-7-15(17)19(23)21-14-9-10-18-16(12-14)22(3)20(24)13(2)26-18/h5-10,12-13H,4,11H2,1-3H3,(H,21,23)/t13-/m1/s1. The molecule has 1 atom stereocenters. The fourth-order valence-electron chi connectivity index (χ4n) is 2.78. The van der Waals surface area contributed by atoms with Crippen LogP contribution in [0.5, 0.6) is 11.5 Å². The van der Waals surface area contributed by atoms with Gasteiger partial charge in [-0.3, -0.25) is 9.59 Å². The van der Waals surface area contributed by atoms with Gasteiger partial charge in [0.15, 0.2) is 6.10 Å². The Kier molecular flexibility index (Phi) is 5.11. The van der Waals surface area contributed by atoms with E-state index in [9.17, 15) is 9.59 Å². The number of benzene rings is 2. The van der Waals surface area contributed by atoms with Crippen LogP contribution in [0.25, 0.3) is 0 Å². The van der Waals surface area contributed by atoms with Crippen molar-refractivity contribution >= 4 is 23.2 Å². The molecule has 3 rings (SSSR count). The van der Waals surface area contributed by atoms with Crippen LogP contribution in [0, 0.1) is 0 Å². The first-order chi connectivity index (χ1) is 12.5. The second-order valence-electron chi connectivity index (χ2n) is 6.14. The fourth-order valence-corrected chi connectivity index (χ4v) is 2.78. The molecule has 0 saturated carbocycles. The summed E-state index contributed by atoms with van der Waals surface area (Å²) in [5.41, 5.74) is 1.67. The van der Waals surface area contributed by atoms with Crippen molar-refractivity contribution in [2.75, 3.05) is 23.9 Å². The van der Waals surface area contributed by atoms with E-state index >= 15 is 0 Å². The third kappa shape index (κ3) is 3.49. The largest absolute Gasteiger partial charge is 0.493 e. The number of hydrogen-bond donors (Lipinski definition) is 1. The Morgan fingerprint density at radius 3 is 2.81 bits per heavy atom. The Balaban J connectivity index is 1.82. The summed E-state index contributed by atoms with van der Waals surface area (Å²) >= 11 is 0. The molecular weight excluding hydrogens is 332 g/mol. The number of likely N-dealkylation sites (N-methyl/N-ethyl adjacent to an activating group) is 1. The molecular formula is C20H22N2O4. The van der Waals surface area contributed by atoms with E-state index in [1.807, 2.05) is 13.0 Å². The number of hydrogen-bond acceptors (Lipinski definition) is 4. The third-order valence-corrected chi connectivity index (χ3v) is 4.15. The number of carbonyl (C=O) groups is 2. The molecule has 0 aromatic heterocycles. The zero-order valence-electron chi connectivity index (χ0n) is 15.1. The number of nitrogens with one attached hydrogen (secondary N) is 1. The average Bonchev–Trinajstić information content (AvgIpc) is 2.65. The number of para-hydroxylation sites is 1. The average molecular weight is 354 g/mol. The molecule has 2 aromatic carbocycles. The minimum atomic E-state index is -0.518. The van der Waals surface area contributed by atoms with Crippen LogP contribution in [0.15, 0.2) is 42.5 Å². The zero-order valence-corrected chi connectivity index (χ0v) is 15.1. The molecule has 0 unspecified atom stereocenters. The highest BCUT2D eigenvalue weighted by Crippen LogP contribution is 2.35. The summed E-state index contributed by atoms with van der Waals surface area (Å²) in [5.74, 6) is 0.772. The van der Waals surface area contributed by atoms with E-state index in [-0.39, 0.29) is 11.8 Å². The van der Waals surface area contributed by atoms with Crippen LogP contribution in [0.1, 0.15) is 30.6 Å². The molecule has 2 amide bonds. The normalized spacial score (nSPS) is 15.9. The van der Waals surface area contributed by atoms with Crippen molar-refractivity contribution in [3.63, 3.8) is 0 Å². The summed E-state index contributed by atoms with van der Waals surface area (Å²) in [6.45, 7) is 4.27. The Bertz CT molecular complexity index is 834. The predicted molar refractivity (Wildman–Crippen MR) is 100 cm³/mol. The lowest BCUT2D eigenvalue weighted by atomic mass is 10.1. The van der Waals surface area contributed by atoms with Crippen LogP contribution in [-0.2, 0) is 4.79 Å². The predicted octanol–water partition coefficient (Wildman–Crippen LogP) is 3.47. The van der Waals surface area contributed by atoms with Gasteiger partial charge in [0.2, 0.25) is 0 Å². The first kappa shape index (κ1) is 17.8. The number of carbonyl (C=O) groups excluding carboxylic acids is 2. The van der Waals surface area contributed by atoms with Crippen LogP contribution in [0.3, 0.4) is 0 Å². The van der Waals surface area contributed by atoms with Gasteiger partial charge in [-0.25, -0.2) is 0 Å². The first-order valence-corrected chi connectivity index (χ1v) is 8.62. The molecule has 6 heteroatoms. The number of rotatable bonds is 5. The van der Waals surface area contributed by atoms with Gasteiger partial charge in [-0.1, -0.05) is 19.1 Å². The molecule has 0 fully saturated rings. The second kappa shape index (κ2) is 7.47. The highest BCUT2D eigenvalue weighted by atomic mass is 16.5. The maximum absolute atomic E-state index is 12.7. The van der Waals surface area contributed by atoms with Crippen molar-refractivity contribution in [1.82, 2.24) is 0 Å². The van der Waals surface area contributed by atoms with E-state index in [2.05, 4.69) is 5.32 Å². The van der Waals surface area contributed by atoms with Gasteiger partial charge in [0.25, 0.3) is 11.8 Å². The Labute approximate surface area is 152 Å². The maximum atomic E-state index is 12.7. The van der Waals surface area contributed by atoms with Crippen molar-refractivity contribution in [2.24, 2.45) is 0 Å². The van der Waals surface area contributed by atoms with E-state index < -0.39 is 6.10 Å². The Hall–Kier alpha value is -3.02. The van der Waals surface area contributed by atoms with Gasteiger partial charge in [0.1, 0.15) is 11.5 Å². The van der Waals surface area contributed by atoms with E-state index in [1.54, 1.807) is 50.4 Å². The molecule has 136 valence electrons. The van der Waals surface area contributed by atoms with E-state index in [1.165, 1.54) is 4.90 Å². The summed E-state index contributed by atoms with van der Waals surface area (Å²) in [4.78, 5) is 26.3. The molecule has 1 aliphatic heterocycles. The molecule has 1 heterocycles. The first-order valence-electron chi connectivity index (χ1n) is 8.62. The van der Waals surface area contributed by atoms with Gasteiger partial charge < -0.3 is 19.7 Å². The lowest BCUT2D eigenvalue weighted by Gasteiger charge is -2.30. The lowest BCUT2D eigenvalue weighted by Crippen LogP contribution is -2.41. The number of nitrogens with zero attached hydrogens (tertiary/aromatic N) is 1. The smallest absolute Gasteiger partial charge is 0.267 e. The minimum absolute atomic E-state index is 0.126. The molecule has 2 aromatic rings. The number of ether oxygens (including phenoxy) is 2. The van der Waals surface area contributed by atoms with E-state index in [4.69, 9.17) is 9.47 Å². The second-order valence-corrected chi connectivity index (χ2v) is 6.14. The zero-order chi connectivity index (χ0) is 18.7. The summed E-state index contributed by atoms with van der Waals surface area (Å²) < 4.78 is 11.2. The highest BCUT2D eigenvalue weighted by Gasteiger charge is 2.29. The molecule has 6 nitrogen and oxygen atoms in total. The van der Waals surface area contributed by atoms with Crippen LogP contribution in [0.2, 0.25) is 0 Å². The molecule has 0 bridgehead atoms. The van der Waals surface area contributed by atoms with E-state index in [0.717, 1.165) is 6.42 Å². The van der Waals surface area contributed by atoms with Crippen LogP contribution in [0.4, 0.5) is 11.4 Å². The molecule has 0 aliphatic carbocycles. The molecule has 26 heavy (non-hydrogen) atoms. The van der Waals surface area contributed by atoms with Crippen molar-refractivity contribution in [1.29, 1.82) is 0 Å². The fraction of sp³-hybridized carbons (Fsp3) is 0.300. The van der Waals surface area contributed by atoms with Gasteiger partial charge in [-0.15, -0.1) is 0 Å². The third-order valence-electron chi connectivity index (χ3n) is 4.15. The monoisotopic (exact) mass is 354 g/mol. The highest BCUT2D eigenvalue weighted by molar-refractivity contribution is 6.07. The molecule has 0 spiro atoms. The van der Waals surface area contributed by atoms with Crippen LogP contribution < -0.4 is 19.7 Å². The SMILES string of the molecule is CCCOc1ccccc1C(=O)Nc1ccc2c(c1)N(C)C(=O)[C@@H](C)O2. The van der Waals surface area contributed by atoms with Crippen LogP contribution >= 0.6 is 0 Å². The quantitative estimate of drug-likeness (QED) is 0.893. The molecule has 1 N–H and O–H groups in total. The molecule has 0 radical (unpaired) electrons. The Morgan fingerprint density at radius 2 is 2.04 bits per heavy atom. The maximum Gasteiger partial charge on any atom is 0.267 e. The topological polar surface area (TPSA) is 67.9 Å². The van der Waals surface area contributed by atoms with Crippen molar-refractivity contribution in [2.45, 2.75) is 26.4 Å². The minimum Gasteiger partial charge on any atom is -0.493 e. The van der Waals surface area contributed by atoms with Crippen molar-refractivity contribution in [3.05, 3.63) is 48.0 Å². The van der Waals surface area contributed by atoms with Gasteiger partial charge in [-0.05, 0) is 43.7 Å². The number of amides is 2. The van der Waals surface area contributed by atoms with Gasteiger partial charge in [0, 0.05) is 12.7 Å². The Morgan fingerprint density at radius 1 is 1.27 bits per heavy atom. The number of anilines is 2. The van der Waals surface area contributed by atoms with Crippen molar-refractivity contribution in [3.8, 4) is 11.5 Å². The van der Waals surface area contributed by atoms with Gasteiger partial charge >= 0.3 is 0 Å². The van der Waals surface area contributed by atoms with E-state index in [0.29, 0.717) is 35.0 Å².